The SMILES string of the molecule is CC1CN(C(=O)N2CCN(CCC(=O)O)CC2)CCS1. The summed E-state index contributed by atoms with van der Waals surface area (Å²) in [5.74, 6) is 0.259. The van der Waals surface area contributed by atoms with E-state index in [4.69, 9.17) is 5.11 Å². The minimum atomic E-state index is -0.761. The second-order valence-corrected chi connectivity index (χ2v) is 6.93. The molecule has 0 aliphatic carbocycles. The number of aliphatic carboxylic acids is 1. The Hall–Kier alpha value is -0.950. The number of rotatable bonds is 3. The van der Waals surface area contributed by atoms with Crippen LogP contribution in [0.1, 0.15) is 13.3 Å². The van der Waals surface area contributed by atoms with Gasteiger partial charge in [-0.25, -0.2) is 4.79 Å². The molecule has 0 aromatic rings. The summed E-state index contributed by atoms with van der Waals surface area (Å²) in [6, 6.07) is 0.148. The first-order valence-corrected chi connectivity index (χ1v) is 8.20. The first-order valence-electron chi connectivity index (χ1n) is 7.16. The van der Waals surface area contributed by atoms with Gasteiger partial charge in [0, 0.05) is 56.8 Å². The van der Waals surface area contributed by atoms with Gasteiger partial charge in [-0.2, -0.15) is 11.8 Å². The van der Waals surface area contributed by atoms with E-state index in [0.717, 1.165) is 31.9 Å². The van der Waals surface area contributed by atoms with E-state index in [1.54, 1.807) is 0 Å². The summed E-state index contributed by atoms with van der Waals surface area (Å²) < 4.78 is 0. The molecule has 1 unspecified atom stereocenters. The van der Waals surface area contributed by atoms with Crippen LogP contribution in [0.15, 0.2) is 0 Å². The van der Waals surface area contributed by atoms with E-state index >= 15 is 0 Å². The number of carboxylic acids is 1. The first kappa shape index (κ1) is 15.4. The topological polar surface area (TPSA) is 64.1 Å². The molecule has 2 fully saturated rings. The average Bonchev–Trinajstić information content (AvgIpc) is 2.45. The van der Waals surface area contributed by atoms with Gasteiger partial charge < -0.3 is 14.9 Å². The number of thioether (sulfide) groups is 1. The zero-order chi connectivity index (χ0) is 14.5. The van der Waals surface area contributed by atoms with Crippen LogP contribution in [0, 0.1) is 0 Å². The maximum absolute atomic E-state index is 12.4. The first-order chi connectivity index (χ1) is 9.56. The molecule has 1 atom stereocenters. The summed E-state index contributed by atoms with van der Waals surface area (Å²) in [6.45, 7) is 7.37. The molecule has 0 saturated carbocycles. The maximum atomic E-state index is 12.4. The monoisotopic (exact) mass is 301 g/mol. The predicted molar refractivity (Wildman–Crippen MR) is 79.2 cm³/mol. The van der Waals surface area contributed by atoms with Crippen molar-refractivity contribution < 1.29 is 14.7 Å². The quantitative estimate of drug-likeness (QED) is 0.828. The van der Waals surface area contributed by atoms with Crippen molar-refractivity contribution in [1.29, 1.82) is 0 Å². The highest BCUT2D eigenvalue weighted by atomic mass is 32.2. The van der Waals surface area contributed by atoms with Crippen molar-refractivity contribution in [3.8, 4) is 0 Å². The second kappa shape index (κ2) is 7.17. The van der Waals surface area contributed by atoms with Crippen LogP contribution in [0.2, 0.25) is 0 Å². The Kier molecular flexibility index (Phi) is 5.54. The van der Waals surface area contributed by atoms with Crippen molar-refractivity contribution in [3.63, 3.8) is 0 Å². The highest BCUT2D eigenvalue weighted by Gasteiger charge is 2.28. The third-order valence-corrected chi connectivity index (χ3v) is 4.93. The molecule has 2 rings (SSSR count). The number of hydrogen-bond acceptors (Lipinski definition) is 4. The third-order valence-electron chi connectivity index (χ3n) is 3.80. The van der Waals surface area contributed by atoms with E-state index in [2.05, 4.69) is 11.8 Å². The van der Waals surface area contributed by atoms with Crippen molar-refractivity contribution >= 4 is 23.8 Å². The summed E-state index contributed by atoms with van der Waals surface area (Å²) in [6.07, 6.45) is 0.175. The van der Waals surface area contributed by atoms with Gasteiger partial charge in [-0.05, 0) is 0 Å². The van der Waals surface area contributed by atoms with Crippen LogP contribution < -0.4 is 0 Å². The smallest absolute Gasteiger partial charge is 0.320 e. The molecule has 2 aliphatic rings. The van der Waals surface area contributed by atoms with Gasteiger partial charge in [-0.15, -0.1) is 0 Å². The highest BCUT2D eigenvalue weighted by molar-refractivity contribution is 7.99. The highest BCUT2D eigenvalue weighted by Crippen LogP contribution is 2.19. The zero-order valence-corrected chi connectivity index (χ0v) is 12.8. The number of carboxylic acid groups (broad SMARTS) is 1. The molecule has 0 radical (unpaired) electrons. The molecule has 7 heteroatoms. The molecule has 2 heterocycles. The lowest BCUT2D eigenvalue weighted by atomic mass is 10.3. The average molecular weight is 301 g/mol. The summed E-state index contributed by atoms with van der Waals surface area (Å²) in [5, 5.41) is 9.20. The van der Waals surface area contributed by atoms with Gasteiger partial charge >= 0.3 is 12.0 Å². The van der Waals surface area contributed by atoms with E-state index in [1.807, 2.05) is 21.6 Å². The van der Waals surface area contributed by atoms with E-state index < -0.39 is 5.97 Å². The molecule has 0 spiro atoms. The van der Waals surface area contributed by atoms with Crippen LogP contribution in [0.25, 0.3) is 0 Å². The predicted octanol–water partition coefficient (Wildman–Crippen LogP) is 0.636. The van der Waals surface area contributed by atoms with Crippen LogP contribution in [0.4, 0.5) is 4.79 Å². The summed E-state index contributed by atoms with van der Waals surface area (Å²) >= 11 is 1.92. The van der Waals surface area contributed by atoms with Crippen LogP contribution in [-0.4, -0.2) is 88.6 Å². The van der Waals surface area contributed by atoms with Crippen molar-refractivity contribution in [2.75, 3.05) is 51.6 Å². The van der Waals surface area contributed by atoms with E-state index in [-0.39, 0.29) is 12.5 Å². The van der Waals surface area contributed by atoms with E-state index in [1.165, 1.54) is 0 Å². The number of urea groups is 1. The molecule has 6 nitrogen and oxygen atoms in total. The van der Waals surface area contributed by atoms with Gasteiger partial charge in [-0.1, -0.05) is 6.92 Å². The number of hydrogen-bond donors (Lipinski definition) is 1. The fraction of sp³-hybridized carbons (Fsp3) is 0.846. The minimum Gasteiger partial charge on any atom is -0.481 e. The van der Waals surface area contributed by atoms with Crippen molar-refractivity contribution in [2.24, 2.45) is 0 Å². The molecule has 0 bridgehead atoms. The van der Waals surface area contributed by atoms with E-state index in [0.29, 0.717) is 24.9 Å². The third kappa shape index (κ3) is 4.28. The van der Waals surface area contributed by atoms with Crippen LogP contribution in [-0.2, 0) is 4.79 Å². The molecular weight excluding hydrogens is 278 g/mol. The lowest BCUT2D eigenvalue weighted by Crippen LogP contribution is -2.55. The molecule has 0 aromatic carbocycles. The number of carbonyl (C=O) groups is 2. The van der Waals surface area contributed by atoms with Crippen molar-refractivity contribution in [3.05, 3.63) is 0 Å². The van der Waals surface area contributed by atoms with Crippen molar-refractivity contribution in [2.45, 2.75) is 18.6 Å². The Labute approximate surface area is 124 Å². The summed E-state index contributed by atoms with van der Waals surface area (Å²) in [7, 11) is 0. The van der Waals surface area contributed by atoms with Gasteiger partial charge in [0.1, 0.15) is 0 Å². The lowest BCUT2D eigenvalue weighted by molar-refractivity contribution is -0.137. The summed E-state index contributed by atoms with van der Waals surface area (Å²) in [4.78, 5) is 28.9. The maximum Gasteiger partial charge on any atom is 0.320 e. The van der Waals surface area contributed by atoms with Crippen LogP contribution in [0.5, 0.6) is 0 Å². The lowest BCUT2D eigenvalue weighted by Gasteiger charge is -2.39. The standard InChI is InChI=1S/C13H23N3O3S/c1-11-10-16(8-9-20-11)13(19)15-6-4-14(5-7-15)3-2-12(17)18/h11H,2-10H2,1H3,(H,17,18). The number of amides is 2. The largest absolute Gasteiger partial charge is 0.481 e. The second-order valence-electron chi connectivity index (χ2n) is 5.38. The molecule has 20 heavy (non-hydrogen) atoms. The Morgan fingerprint density at radius 1 is 1.15 bits per heavy atom. The molecule has 114 valence electrons. The van der Waals surface area contributed by atoms with Crippen LogP contribution in [0.3, 0.4) is 0 Å². The van der Waals surface area contributed by atoms with Gasteiger partial charge in [0.05, 0.1) is 6.42 Å². The van der Waals surface area contributed by atoms with Gasteiger partial charge in [0.2, 0.25) is 0 Å². The molecule has 2 aliphatic heterocycles. The molecular formula is C13H23N3O3S. The minimum absolute atomic E-state index is 0.148. The fourth-order valence-electron chi connectivity index (χ4n) is 2.61. The number of carbonyl (C=O) groups excluding carboxylic acids is 1. The fourth-order valence-corrected chi connectivity index (χ4v) is 3.62. The Balaban J connectivity index is 1.75. The summed E-state index contributed by atoms with van der Waals surface area (Å²) in [5.41, 5.74) is 0. The Morgan fingerprint density at radius 2 is 1.85 bits per heavy atom. The Morgan fingerprint density at radius 3 is 2.45 bits per heavy atom. The van der Waals surface area contributed by atoms with Crippen LogP contribution >= 0.6 is 11.8 Å². The van der Waals surface area contributed by atoms with E-state index in [9.17, 15) is 9.59 Å². The number of piperazine rings is 1. The number of nitrogens with zero attached hydrogens (tertiary/aromatic N) is 3. The van der Waals surface area contributed by atoms with Gasteiger partial charge in [0.15, 0.2) is 0 Å². The molecule has 2 saturated heterocycles. The van der Waals surface area contributed by atoms with Gasteiger partial charge in [-0.3, -0.25) is 9.69 Å². The molecule has 0 aromatic heterocycles. The van der Waals surface area contributed by atoms with Crippen molar-refractivity contribution in [1.82, 2.24) is 14.7 Å². The normalized spacial score (nSPS) is 24.8. The van der Waals surface area contributed by atoms with Gasteiger partial charge in [0.25, 0.3) is 0 Å². The zero-order valence-electron chi connectivity index (χ0n) is 12.0. The Bertz CT molecular complexity index is 359. The molecule has 1 N–H and O–H groups in total. The molecule has 2 amide bonds.